The normalized spacial score (nSPS) is 10.6. The van der Waals surface area contributed by atoms with Gasteiger partial charge in [0.1, 0.15) is 0 Å². The van der Waals surface area contributed by atoms with E-state index in [4.69, 9.17) is 5.11 Å². The second-order valence-corrected chi connectivity index (χ2v) is 4.33. The monoisotopic (exact) mass is 244 g/mol. The molecule has 1 N–H and O–H groups in total. The van der Waals surface area contributed by atoms with E-state index >= 15 is 0 Å². The zero-order chi connectivity index (χ0) is 13.1. The van der Waals surface area contributed by atoms with Crippen molar-refractivity contribution in [3.63, 3.8) is 0 Å². The molecule has 2 aromatic rings. The molecular formula is C14H16N2O2. The van der Waals surface area contributed by atoms with Crippen LogP contribution in [0.5, 0.6) is 0 Å². The minimum atomic E-state index is -0.803. The molecule has 0 aliphatic rings. The van der Waals surface area contributed by atoms with Crippen molar-refractivity contribution in [3.05, 3.63) is 41.7 Å². The van der Waals surface area contributed by atoms with Crippen LogP contribution in [0.25, 0.3) is 11.1 Å². The van der Waals surface area contributed by atoms with Crippen LogP contribution in [-0.4, -0.2) is 20.9 Å². The Labute approximate surface area is 106 Å². The summed E-state index contributed by atoms with van der Waals surface area (Å²) in [6.45, 7) is 4.44. The number of benzene rings is 1. The number of aromatic nitrogens is 2. The van der Waals surface area contributed by atoms with Crippen LogP contribution in [0.4, 0.5) is 0 Å². The fourth-order valence-corrected chi connectivity index (χ4v) is 2.01. The zero-order valence-electron chi connectivity index (χ0n) is 10.6. The van der Waals surface area contributed by atoms with E-state index in [1.54, 1.807) is 10.9 Å². The van der Waals surface area contributed by atoms with Crippen LogP contribution >= 0.6 is 0 Å². The first-order chi connectivity index (χ1) is 8.59. The molecule has 18 heavy (non-hydrogen) atoms. The molecule has 1 aromatic carbocycles. The molecule has 1 aromatic heterocycles. The van der Waals surface area contributed by atoms with E-state index < -0.39 is 5.97 Å². The van der Waals surface area contributed by atoms with Gasteiger partial charge in [0.25, 0.3) is 0 Å². The van der Waals surface area contributed by atoms with Crippen LogP contribution in [-0.2, 0) is 11.3 Å². The van der Waals surface area contributed by atoms with Gasteiger partial charge in [-0.15, -0.1) is 0 Å². The van der Waals surface area contributed by atoms with Crippen molar-refractivity contribution < 1.29 is 9.90 Å². The Morgan fingerprint density at radius 3 is 2.67 bits per heavy atom. The predicted octanol–water partition coefficient (Wildman–Crippen LogP) is 2.64. The van der Waals surface area contributed by atoms with Crippen LogP contribution in [0.2, 0.25) is 0 Å². The van der Waals surface area contributed by atoms with E-state index in [9.17, 15) is 4.79 Å². The number of aliphatic carboxylic acids is 1. The number of hydrogen-bond donors (Lipinski definition) is 1. The minimum Gasteiger partial charge on any atom is -0.481 e. The van der Waals surface area contributed by atoms with Gasteiger partial charge in [-0.05, 0) is 25.0 Å². The van der Waals surface area contributed by atoms with Crippen LogP contribution < -0.4 is 0 Å². The lowest BCUT2D eigenvalue weighted by molar-refractivity contribution is -0.137. The van der Waals surface area contributed by atoms with Crippen molar-refractivity contribution in [2.45, 2.75) is 26.8 Å². The molecule has 2 rings (SSSR count). The van der Waals surface area contributed by atoms with Crippen molar-refractivity contribution in [1.82, 2.24) is 9.78 Å². The zero-order valence-corrected chi connectivity index (χ0v) is 10.6. The highest BCUT2D eigenvalue weighted by molar-refractivity contribution is 5.69. The highest BCUT2D eigenvalue weighted by Crippen LogP contribution is 2.26. The molecule has 4 nitrogen and oxygen atoms in total. The van der Waals surface area contributed by atoms with Crippen molar-refractivity contribution in [3.8, 4) is 11.1 Å². The highest BCUT2D eigenvalue weighted by atomic mass is 16.4. The van der Waals surface area contributed by atoms with Gasteiger partial charge in [0, 0.05) is 11.3 Å². The number of carbonyl (C=O) groups is 1. The molecule has 0 atom stereocenters. The van der Waals surface area contributed by atoms with Gasteiger partial charge in [-0.1, -0.05) is 24.3 Å². The smallest absolute Gasteiger partial charge is 0.305 e. The van der Waals surface area contributed by atoms with E-state index in [-0.39, 0.29) is 6.42 Å². The maximum absolute atomic E-state index is 10.6. The van der Waals surface area contributed by atoms with Crippen LogP contribution in [0.15, 0.2) is 30.5 Å². The molecule has 1 heterocycles. The lowest BCUT2D eigenvalue weighted by atomic mass is 10.0. The Bertz CT molecular complexity index is 573. The summed E-state index contributed by atoms with van der Waals surface area (Å²) in [6.07, 6.45) is 1.90. The summed E-state index contributed by atoms with van der Waals surface area (Å²) in [6, 6.07) is 8.11. The van der Waals surface area contributed by atoms with Gasteiger partial charge in [-0.3, -0.25) is 9.48 Å². The second-order valence-electron chi connectivity index (χ2n) is 4.33. The number of hydrogen-bond acceptors (Lipinski definition) is 2. The summed E-state index contributed by atoms with van der Waals surface area (Å²) in [5, 5.41) is 13.0. The number of aryl methyl sites for hydroxylation is 2. The Balaban J connectivity index is 2.31. The van der Waals surface area contributed by atoms with E-state index in [2.05, 4.69) is 24.2 Å². The van der Waals surface area contributed by atoms with Gasteiger partial charge in [-0.25, -0.2) is 0 Å². The third-order valence-electron chi connectivity index (χ3n) is 3.08. The van der Waals surface area contributed by atoms with Crippen molar-refractivity contribution >= 4 is 5.97 Å². The largest absolute Gasteiger partial charge is 0.481 e. The first-order valence-corrected chi connectivity index (χ1v) is 5.90. The third-order valence-corrected chi connectivity index (χ3v) is 3.08. The van der Waals surface area contributed by atoms with Crippen LogP contribution in [0, 0.1) is 13.8 Å². The fourth-order valence-electron chi connectivity index (χ4n) is 2.01. The highest BCUT2D eigenvalue weighted by Gasteiger charge is 2.10. The van der Waals surface area contributed by atoms with Crippen molar-refractivity contribution in [2.75, 3.05) is 0 Å². The summed E-state index contributed by atoms with van der Waals surface area (Å²) in [5.41, 5.74) is 4.42. The van der Waals surface area contributed by atoms with Crippen LogP contribution in [0.1, 0.15) is 17.7 Å². The lowest BCUT2D eigenvalue weighted by Crippen LogP contribution is -2.07. The summed E-state index contributed by atoms with van der Waals surface area (Å²) >= 11 is 0. The Morgan fingerprint density at radius 1 is 1.28 bits per heavy atom. The second kappa shape index (κ2) is 5.04. The Morgan fingerprint density at radius 2 is 2.00 bits per heavy atom. The SMILES string of the molecule is Cc1ccccc1-c1cnn(CCC(=O)O)c1C. The molecule has 0 saturated heterocycles. The number of carboxylic acid groups (broad SMARTS) is 1. The van der Waals surface area contributed by atoms with Gasteiger partial charge in [0.15, 0.2) is 0 Å². The van der Waals surface area contributed by atoms with Gasteiger partial charge in [0.2, 0.25) is 0 Å². The summed E-state index contributed by atoms with van der Waals surface area (Å²) in [4.78, 5) is 10.6. The van der Waals surface area contributed by atoms with E-state index in [0.29, 0.717) is 6.54 Å². The predicted molar refractivity (Wildman–Crippen MR) is 69.4 cm³/mol. The first-order valence-electron chi connectivity index (χ1n) is 5.90. The molecule has 0 unspecified atom stereocenters. The van der Waals surface area contributed by atoms with Crippen LogP contribution in [0.3, 0.4) is 0 Å². The number of rotatable bonds is 4. The lowest BCUT2D eigenvalue weighted by Gasteiger charge is -2.06. The van der Waals surface area contributed by atoms with Gasteiger partial charge < -0.3 is 5.11 Å². The molecule has 0 saturated carbocycles. The molecule has 0 amide bonds. The van der Waals surface area contributed by atoms with Gasteiger partial charge in [0.05, 0.1) is 19.2 Å². The molecule has 0 radical (unpaired) electrons. The molecule has 0 spiro atoms. The molecule has 94 valence electrons. The minimum absolute atomic E-state index is 0.0930. The quantitative estimate of drug-likeness (QED) is 0.899. The number of carboxylic acids is 1. The topological polar surface area (TPSA) is 55.1 Å². The Hall–Kier alpha value is -2.10. The van der Waals surface area contributed by atoms with Gasteiger partial charge >= 0.3 is 5.97 Å². The molecule has 0 aliphatic heterocycles. The molecular weight excluding hydrogens is 228 g/mol. The molecule has 0 bridgehead atoms. The standard InChI is InChI=1S/C14H16N2O2/c1-10-5-3-4-6-12(10)13-9-15-16(11(13)2)8-7-14(17)18/h3-6,9H,7-8H2,1-2H3,(H,17,18). The first kappa shape index (κ1) is 12.4. The maximum atomic E-state index is 10.6. The summed E-state index contributed by atoms with van der Waals surface area (Å²) < 4.78 is 1.75. The van der Waals surface area contributed by atoms with Crippen molar-refractivity contribution in [1.29, 1.82) is 0 Å². The molecule has 0 aliphatic carbocycles. The summed E-state index contributed by atoms with van der Waals surface area (Å²) in [7, 11) is 0. The fraction of sp³-hybridized carbons (Fsp3) is 0.286. The summed E-state index contributed by atoms with van der Waals surface area (Å²) in [5.74, 6) is -0.803. The van der Waals surface area contributed by atoms with E-state index in [1.165, 1.54) is 5.56 Å². The van der Waals surface area contributed by atoms with E-state index in [1.807, 2.05) is 19.1 Å². The average Bonchev–Trinajstić information content (AvgIpc) is 2.69. The molecule has 4 heteroatoms. The maximum Gasteiger partial charge on any atom is 0.305 e. The molecule has 0 fully saturated rings. The third kappa shape index (κ3) is 2.42. The number of nitrogens with zero attached hydrogens (tertiary/aromatic N) is 2. The van der Waals surface area contributed by atoms with Gasteiger partial charge in [-0.2, -0.15) is 5.10 Å². The average molecular weight is 244 g/mol. The Kier molecular flexibility index (Phi) is 3.46. The van der Waals surface area contributed by atoms with Crippen molar-refractivity contribution in [2.24, 2.45) is 0 Å². The van der Waals surface area contributed by atoms with E-state index in [0.717, 1.165) is 16.8 Å².